The van der Waals surface area contributed by atoms with Crippen LogP contribution in [-0.4, -0.2) is 40.9 Å². The molecule has 0 radical (unpaired) electrons. The second-order valence-corrected chi connectivity index (χ2v) is 5.62. The molecule has 0 saturated carbocycles. The molecule has 0 spiro atoms. The number of methoxy groups -OCH3 is 3. The van der Waals surface area contributed by atoms with Gasteiger partial charge in [0.15, 0.2) is 11.5 Å². The first-order valence-corrected chi connectivity index (χ1v) is 8.34. The third-order valence-corrected chi connectivity index (χ3v) is 3.99. The number of benzene rings is 2. The van der Waals surface area contributed by atoms with E-state index in [0.29, 0.717) is 30.9 Å². The van der Waals surface area contributed by atoms with Gasteiger partial charge in [0.25, 0.3) is 0 Å². The molecule has 0 fully saturated rings. The van der Waals surface area contributed by atoms with Crippen LogP contribution in [0.2, 0.25) is 0 Å². The highest BCUT2D eigenvalue weighted by molar-refractivity contribution is 5.93. The van der Waals surface area contributed by atoms with E-state index in [4.69, 9.17) is 18.9 Å². The number of hydrogen-bond acceptors (Lipinski definition) is 5. The standard InChI is InChI=1S/C20H25NO5/c1-21(15-7-12-18(24-3)19(14-15)25-4)20(22)6-5-13-26-17-10-8-16(23-2)9-11-17/h7-12,14H,5-6,13H2,1-4H3. The Bertz CT molecular complexity index is 715. The summed E-state index contributed by atoms with van der Waals surface area (Å²) in [4.78, 5) is 14.0. The van der Waals surface area contributed by atoms with Crippen molar-refractivity contribution in [1.29, 1.82) is 0 Å². The van der Waals surface area contributed by atoms with Crippen molar-refractivity contribution in [2.45, 2.75) is 12.8 Å². The maximum absolute atomic E-state index is 12.4. The summed E-state index contributed by atoms with van der Waals surface area (Å²) in [6.45, 7) is 0.470. The van der Waals surface area contributed by atoms with Gasteiger partial charge in [-0.1, -0.05) is 0 Å². The molecular formula is C20H25NO5. The van der Waals surface area contributed by atoms with Gasteiger partial charge in [-0.15, -0.1) is 0 Å². The first-order chi connectivity index (χ1) is 12.6. The van der Waals surface area contributed by atoms with Gasteiger partial charge in [0, 0.05) is 25.2 Å². The fourth-order valence-electron chi connectivity index (χ4n) is 2.43. The van der Waals surface area contributed by atoms with E-state index in [9.17, 15) is 4.79 Å². The molecule has 2 aromatic carbocycles. The molecule has 0 aliphatic rings. The van der Waals surface area contributed by atoms with Crippen molar-refractivity contribution in [2.24, 2.45) is 0 Å². The average Bonchev–Trinajstić information content (AvgIpc) is 2.70. The Kier molecular flexibility index (Phi) is 7.14. The van der Waals surface area contributed by atoms with Gasteiger partial charge in [0.1, 0.15) is 11.5 Å². The number of nitrogens with zero attached hydrogens (tertiary/aromatic N) is 1. The van der Waals surface area contributed by atoms with E-state index in [-0.39, 0.29) is 5.91 Å². The Morgan fingerprint density at radius 3 is 2.15 bits per heavy atom. The van der Waals surface area contributed by atoms with Crippen LogP contribution in [0.15, 0.2) is 42.5 Å². The Labute approximate surface area is 154 Å². The summed E-state index contributed by atoms with van der Waals surface area (Å²) in [5, 5.41) is 0. The number of ether oxygens (including phenoxy) is 4. The normalized spacial score (nSPS) is 10.2. The molecule has 6 nitrogen and oxygen atoms in total. The predicted molar refractivity (Wildman–Crippen MR) is 101 cm³/mol. The highest BCUT2D eigenvalue weighted by Crippen LogP contribution is 2.31. The van der Waals surface area contributed by atoms with Gasteiger partial charge in [0.2, 0.25) is 5.91 Å². The molecule has 1 amide bonds. The maximum Gasteiger partial charge on any atom is 0.226 e. The second kappa shape index (κ2) is 9.56. The van der Waals surface area contributed by atoms with Crippen molar-refractivity contribution in [3.8, 4) is 23.0 Å². The van der Waals surface area contributed by atoms with Gasteiger partial charge in [-0.3, -0.25) is 4.79 Å². The Morgan fingerprint density at radius 1 is 0.885 bits per heavy atom. The van der Waals surface area contributed by atoms with Gasteiger partial charge < -0.3 is 23.8 Å². The first kappa shape index (κ1) is 19.4. The molecule has 140 valence electrons. The highest BCUT2D eigenvalue weighted by Gasteiger charge is 2.13. The summed E-state index contributed by atoms with van der Waals surface area (Å²) in [6.07, 6.45) is 1.02. The van der Waals surface area contributed by atoms with E-state index in [2.05, 4.69) is 0 Å². The number of amides is 1. The molecule has 0 atom stereocenters. The molecular weight excluding hydrogens is 334 g/mol. The lowest BCUT2D eigenvalue weighted by Crippen LogP contribution is -2.26. The van der Waals surface area contributed by atoms with Crippen molar-refractivity contribution in [2.75, 3.05) is 39.9 Å². The highest BCUT2D eigenvalue weighted by atomic mass is 16.5. The van der Waals surface area contributed by atoms with E-state index >= 15 is 0 Å². The lowest BCUT2D eigenvalue weighted by atomic mass is 10.2. The van der Waals surface area contributed by atoms with Crippen LogP contribution >= 0.6 is 0 Å². The van der Waals surface area contributed by atoms with Gasteiger partial charge in [-0.2, -0.15) is 0 Å². The van der Waals surface area contributed by atoms with Gasteiger partial charge in [0.05, 0.1) is 27.9 Å². The molecule has 0 saturated heterocycles. The van der Waals surface area contributed by atoms with E-state index in [0.717, 1.165) is 17.2 Å². The largest absolute Gasteiger partial charge is 0.497 e. The van der Waals surface area contributed by atoms with Crippen LogP contribution in [0, 0.1) is 0 Å². The lowest BCUT2D eigenvalue weighted by Gasteiger charge is -2.19. The van der Waals surface area contributed by atoms with Crippen LogP contribution in [0.25, 0.3) is 0 Å². The molecule has 0 aromatic heterocycles. The topological polar surface area (TPSA) is 57.2 Å². The number of carbonyl (C=O) groups is 1. The zero-order chi connectivity index (χ0) is 18.9. The molecule has 0 bridgehead atoms. The molecule has 2 rings (SSSR count). The quantitative estimate of drug-likeness (QED) is 0.641. The van der Waals surface area contributed by atoms with Gasteiger partial charge in [-0.25, -0.2) is 0 Å². The summed E-state index contributed by atoms with van der Waals surface area (Å²) >= 11 is 0. The van der Waals surface area contributed by atoms with Crippen molar-refractivity contribution in [1.82, 2.24) is 0 Å². The predicted octanol–water partition coefficient (Wildman–Crippen LogP) is 3.53. The van der Waals surface area contributed by atoms with Crippen LogP contribution < -0.4 is 23.8 Å². The Morgan fingerprint density at radius 2 is 1.54 bits per heavy atom. The number of carbonyl (C=O) groups excluding carboxylic acids is 1. The number of rotatable bonds is 9. The van der Waals surface area contributed by atoms with E-state index in [1.165, 1.54) is 0 Å². The zero-order valence-electron chi connectivity index (χ0n) is 15.7. The minimum absolute atomic E-state index is 0.00977. The fourth-order valence-corrected chi connectivity index (χ4v) is 2.43. The second-order valence-electron chi connectivity index (χ2n) is 5.62. The van der Waals surface area contributed by atoms with E-state index < -0.39 is 0 Å². The minimum atomic E-state index is 0.00977. The summed E-state index contributed by atoms with van der Waals surface area (Å²) in [6, 6.07) is 12.8. The molecule has 0 N–H and O–H groups in total. The summed E-state index contributed by atoms with van der Waals surface area (Å²) in [5.41, 5.74) is 0.753. The smallest absolute Gasteiger partial charge is 0.226 e. The third-order valence-electron chi connectivity index (χ3n) is 3.99. The maximum atomic E-state index is 12.4. The number of hydrogen-bond donors (Lipinski definition) is 0. The van der Waals surface area contributed by atoms with Crippen LogP contribution in [0.3, 0.4) is 0 Å². The third kappa shape index (κ3) is 5.05. The molecule has 0 heterocycles. The van der Waals surface area contributed by atoms with Crippen molar-refractivity contribution >= 4 is 11.6 Å². The fraction of sp³-hybridized carbons (Fsp3) is 0.350. The molecule has 6 heteroatoms. The van der Waals surface area contributed by atoms with Crippen LogP contribution in [0.4, 0.5) is 5.69 Å². The van der Waals surface area contributed by atoms with Crippen LogP contribution in [-0.2, 0) is 4.79 Å². The average molecular weight is 359 g/mol. The Balaban J connectivity index is 1.83. The van der Waals surface area contributed by atoms with E-state index in [1.54, 1.807) is 45.4 Å². The van der Waals surface area contributed by atoms with Crippen molar-refractivity contribution in [3.63, 3.8) is 0 Å². The minimum Gasteiger partial charge on any atom is -0.497 e. The summed E-state index contributed by atoms with van der Waals surface area (Å²) in [5.74, 6) is 2.77. The molecule has 2 aromatic rings. The first-order valence-electron chi connectivity index (χ1n) is 8.34. The Hall–Kier alpha value is -2.89. The van der Waals surface area contributed by atoms with Gasteiger partial charge >= 0.3 is 0 Å². The number of anilines is 1. The van der Waals surface area contributed by atoms with Crippen molar-refractivity contribution < 1.29 is 23.7 Å². The van der Waals surface area contributed by atoms with E-state index in [1.807, 2.05) is 30.3 Å². The summed E-state index contributed by atoms with van der Waals surface area (Å²) < 4.78 is 21.2. The van der Waals surface area contributed by atoms with Crippen LogP contribution in [0.1, 0.15) is 12.8 Å². The molecule has 0 unspecified atom stereocenters. The molecule has 26 heavy (non-hydrogen) atoms. The van der Waals surface area contributed by atoms with Gasteiger partial charge in [-0.05, 0) is 42.8 Å². The SMILES string of the molecule is COc1ccc(OCCCC(=O)N(C)c2ccc(OC)c(OC)c2)cc1. The zero-order valence-corrected chi connectivity index (χ0v) is 15.7. The monoisotopic (exact) mass is 359 g/mol. The lowest BCUT2D eigenvalue weighted by molar-refractivity contribution is -0.118. The van der Waals surface area contributed by atoms with Crippen LogP contribution in [0.5, 0.6) is 23.0 Å². The van der Waals surface area contributed by atoms with Crippen molar-refractivity contribution in [3.05, 3.63) is 42.5 Å². The molecule has 0 aliphatic heterocycles. The summed E-state index contributed by atoms with van der Waals surface area (Å²) in [7, 11) is 6.51. The molecule has 0 aliphatic carbocycles.